The minimum atomic E-state index is -0.351. The van der Waals surface area contributed by atoms with E-state index in [1.54, 1.807) is 36.4 Å². The van der Waals surface area contributed by atoms with Crippen LogP contribution in [-0.4, -0.2) is 17.0 Å². The molecule has 0 bridgehead atoms. The van der Waals surface area contributed by atoms with Crippen molar-refractivity contribution in [3.63, 3.8) is 0 Å². The maximum absolute atomic E-state index is 13.3. The molecule has 2 N–H and O–H groups in total. The van der Waals surface area contributed by atoms with Gasteiger partial charge in [-0.2, -0.15) is 0 Å². The third-order valence-corrected chi connectivity index (χ3v) is 3.62. The Kier molecular flexibility index (Phi) is 5.66. The van der Waals surface area contributed by atoms with Gasteiger partial charge in [0.05, 0.1) is 11.8 Å². The first kappa shape index (κ1) is 18.4. The number of hydrogen-bond donors (Lipinski definition) is 2. The summed E-state index contributed by atoms with van der Waals surface area (Å²) >= 11 is 0. The summed E-state index contributed by atoms with van der Waals surface area (Å²) in [5.41, 5.74) is 1.56. The van der Waals surface area contributed by atoms with Crippen molar-refractivity contribution < 1.29 is 13.9 Å². The number of para-hydroxylation sites is 2. The summed E-state index contributed by atoms with van der Waals surface area (Å²) in [5.74, 6) is 0.406. The Labute approximate surface area is 157 Å². The molecule has 3 rings (SSSR count). The van der Waals surface area contributed by atoms with Gasteiger partial charge in [-0.05, 0) is 56.3 Å². The van der Waals surface area contributed by atoms with Crippen LogP contribution in [0.2, 0.25) is 0 Å². The molecular weight excluding hydrogens is 345 g/mol. The zero-order valence-electron chi connectivity index (χ0n) is 15.1. The SMILES string of the molecule is CC(C)Oc1ccccc1NC(=O)c1ccnc(Nc2cccc(F)c2)c1. The highest BCUT2D eigenvalue weighted by molar-refractivity contribution is 6.05. The molecule has 0 radical (unpaired) electrons. The fraction of sp³-hybridized carbons (Fsp3) is 0.143. The molecule has 3 aromatic rings. The van der Waals surface area contributed by atoms with Crippen molar-refractivity contribution in [1.82, 2.24) is 4.98 Å². The first-order valence-electron chi connectivity index (χ1n) is 8.57. The number of pyridine rings is 1. The van der Waals surface area contributed by atoms with Crippen molar-refractivity contribution in [2.75, 3.05) is 10.6 Å². The summed E-state index contributed by atoms with van der Waals surface area (Å²) in [6.07, 6.45) is 1.51. The predicted molar refractivity (Wildman–Crippen MR) is 104 cm³/mol. The number of nitrogens with one attached hydrogen (secondary N) is 2. The molecule has 2 aromatic carbocycles. The first-order valence-corrected chi connectivity index (χ1v) is 8.57. The number of carbonyl (C=O) groups excluding carboxylic acids is 1. The van der Waals surface area contributed by atoms with Crippen molar-refractivity contribution in [3.05, 3.63) is 78.2 Å². The van der Waals surface area contributed by atoms with Gasteiger partial charge in [-0.1, -0.05) is 18.2 Å². The van der Waals surface area contributed by atoms with Gasteiger partial charge >= 0.3 is 0 Å². The molecule has 1 aromatic heterocycles. The molecule has 1 heterocycles. The van der Waals surface area contributed by atoms with Gasteiger partial charge in [0.1, 0.15) is 17.4 Å². The Hall–Kier alpha value is -3.41. The van der Waals surface area contributed by atoms with E-state index >= 15 is 0 Å². The zero-order valence-corrected chi connectivity index (χ0v) is 15.1. The summed E-state index contributed by atoms with van der Waals surface area (Å²) < 4.78 is 19.0. The molecule has 0 aliphatic rings. The van der Waals surface area contributed by atoms with E-state index in [1.807, 2.05) is 26.0 Å². The van der Waals surface area contributed by atoms with Gasteiger partial charge in [0.15, 0.2) is 0 Å². The van der Waals surface area contributed by atoms with Gasteiger partial charge in [-0.15, -0.1) is 0 Å². The van der Waals surface area contributed by atoms with E-state index in [9.17, 15) is 9.18 Å². The van der Waals surface area contributed by atoms with Gasteiger partial charge in [-0.3, -0.25) is 4.79 Å². The molecule has 5 nitrogen and oxygen atoms in total. The van der Waals surface area contributed by atoms with Crippen LogP contribution in [0, 0.1) is 5.82 Å². The number of anilines is 3. The minimum absolute atomic E-state index is 0.00829. The topological polar surface area (TPSA) is 63.2 Å². The summed E-state index contributed by atoms with van der Waals surface area (Å²) in [6.45, 7) is 3.84. The smallest absolute Gasteiger partial charge is 0.255 e. The van der Waals surface area contributed by atoms with Crippen molar-refractivity contribution in [3.8, 4) is 5.75 Å². The average molecular weight is 365 g/mol. The van der Waals surface area contributed by atoms with E-state index in [4.69, 9.17) is 4.74 Å². The first-order chi connectivity index (χ1) is 13.0. The van der Waals surface area contributed by atoms with Gasteiger partial charge in [0.25, 0.3) is 5.91 Å². The molecule has 0 fully saturated rings. The van der Waals surface area contributed by atoms with Crippen LogP contribution in [0.3, 0.4) is 0 Å². The third kappa shape index (κ3) is 5.04. The molecule has 1 amide bonds. The van der Waals surface area contributed by atoms with E-state index in [-0.39, 0.29) is 17.8 Å². The average Bonchev–Trinajstić information content (AvgIpc) is 2.63. The fourth-order valence-electron chi connectivity index (χ4n) is 2.48. The fourth-order valence-corrected chi connectivity index (χ4v) is 2.48. The van der Waals surface area contributed by atoms with Crippen molar-refractivity contribution >= 4 is 23.1 Å². The number of hydrogen-bond acceptors (Lipinski definition) is 4. The second-order valence-electron chi connectivity index (χ2n) is 6.18. The number of ether oxygens (including phenoxy) is 1. The number of aromatic nitrogens is 1. The lowest BCUT2D eigenvalue weighted by Crippen LogP contribution is -2.14. The summed E-state index contributed by atoms with van der Waals surface area (Å²) in [4.78, 5) is 16.8. The Bertz CT molecular complexity index is 944. The lowest BCUT2D eigenvalue weighted by Gasteiger charge is -2.15. The van der Waals surface area contributed by atoms with Gasteiger partial charge in [0, 0.05) is 17.4 Å². The van der Waals surface area contributed by atoms with E-state index < -0.39 is 0 Å². The largest absolute Gasteiger partial charge is 0.489 e. The molecule has 0 saturated carbocycles. The maximum Gasteiger partial charge on any atom is 0.255 e. The van der Waals surface area contributed by atoms with Crippen LogP contribution < -0.4 is 15.4 Å². The third-order valence-electron chi connectivity index (χ3n) is 3.62. The number of nitrogens with zero attached hydrogens (tertiary/aromatic N) is 1. The molecule has 0 aliphatic carbocycles. The molecule has 0 saturated heterocycles. The van der Waals surface area contributed by atoms with E-state index in [0.717, 1.165) is 0 Å². The monoisotopic (exact) mass is 365 g/mol. The minimum Gasteiger partial charge on any atom is -0.489 e. The van der Waals surface area contributed by atoms with Crippen LogP contribution in [0.25, 0.3) is 0 Å². The molecule has 0 unspecified atom stereocenters. The number of halogens is 1. The van der Waals surface area contributed by atoms with E-state index in [0.29, 0.717) is 28.5 Å². The van der Waals surface area contributed by atoms with Crippen molar-refractivity contribution in [2.45, 2.75) is 20.0 Å². The van der Waals surface area contributed by atoms with Crippen LogP contribution >= 0.6 is 0 Å². The highest BCUT2D eigenvalue weighted by Gasteiger charge is 2.12. The van der Waals surface area contributed by atoms with Crippen LogP contribution in [0.5, 0.6) is 5.75 Å². The molecule has 27 heavy (non-hydrogen) atoms. The maximum atomic E-state index is 13.3. The Morgan fingerprint density at radius 2 is 1.89 bits per heavy atom. The Morgan fingerprint density at radius 1 is 1.07 bits per heavy atom. The Balaban J connectivity index is 1.76. The lowest BCUT2D eigenvalue weighted by atomic mass is 10.2. The van der Waals surface area contributed by atoms with Gasteiger partial charge < -0.3 is 15.4 Å². The van der Waals surface area contributed by atoms with E-state index in [2.05, 4.69) is 15.6 Å². The number of benzene rings is 2. The van der Waals surface area contributed by atoms with E-state index in [1.165, 1.54) is 18.3 Å². The molecular formula is C21H20FN3O2. The zero-order chi connectivity index (χ0) is 19.2. The number of carbonyl (C=O) groups is 1. The summed E-state index contributed by atoms with van der Waals surface area (Å²) in [6, 6.07) is 16.5. The second-order valence-corrected chi connectivity index (χ2v) is 6.18. The van der Waals surface area contributed by atoms with Crippen LogP contribution in [0.1, 0.15) is 24.2 Å². The normalized spacial score (nSPS) is 10.5. The number of rotatable bonds is 6. The molecule has 6 heteroatoms. The summed E-state index contributed by atoms with van der Waals surface area (Å²) in [5, 5.41) is 5.84. The molecule has 138 valence electrons. The quantitative estimate of drug-likeness (QED) is 0.645. The predicted octanol–water partition coefficient (Wildman–Crippen LogP) is 5.00. The molecule has 0 atom stereocenters. The second kappa shape index (κ2) is 8.31. The number of amides is 1. The standard InChI is InChI=1S/C21H20FN3O2/c1-14(2)27-19-9-4-3-8-18(19)25-21(26)15-10-11-23-20(12-15)24-17-7-5-6-16(22)13-17/h3-14H,1-2H3,(H,23,24)(H,25,26). The molecule has 0 aliphatic heterocycles. The van der Waals surface area contributed by atoms with Crippen LogP contribution in [-0.2, 0) is 0 Å². The lowest BCUT2D eigenvalue weighted by molar-refractivity contribution is 0.102. The van der Waals surface area contributed by atoms with Crippen LogP contribution in [0.4, 0.5) is 21.6 Å². The van der Waals surface area contributed by atoms with Gasteiger partial charge in [-0.25, -0.2) is 9.37 Å². The van der Waals surface area contributed by atoms with Crippen molar-refractivity contribution in [2.24, 2.45) is 0 Å². The van der Waals surface area contributed by atoms with Gasteiger partial charge in [0.2, 0.25) is 0 Å². The molecule has 0 spiro atoms. The Morgan fingerprint density at radius 3 is 2.67 bits per heavy atom. The summed E-state index contributed by atoms with van der Waals surface area (Å²) in [7, 11) is 0. The highest BCUT2D eigenvalue weighted by atomic mass is 19.1. The van der Waals surface area contributed by atoms with Crippen LogP contribution in [0.15, 0.2) is 66.9 Å². The van der Waals surface area contributed by atoms with Crippen molar-refractivity contribution in [1.29, 1.82) is 0 Å². The highest BCUT2D eigenvalue weighted by Crippen LogP contribution is 2.25.